The number of allylic oxidation sites excluding steroid dienone is 2. The van der Waals surface area contributed by atoms with Crippen LogP contribution in [0.4, 0.5) is 0 Å². The van der Waals surface area contributed by atoms with Crippen molar-refractivity contribution < 1.29 is 0 Å². The number of hydrogen-bond donors (Lipinski definition) is 0. The second-order valence-corrected chi connectivity index (χ2v) is 3.79. The van der Waals surface area contributed by atoms with Crippen molar-refractivity contribution >= 4 is 0 Å². The average molecular weight is 182 g/mol. The average Bonchev–Trinajstić information content (AvgIpc) is 2.16. The Morgan fingerprint density at radius 1 is 0.692 bits per heavy atom. The van der Waals surface area contributed by atoms with Gasteiger partial charge in [0.15, 0.2) is 0 Å². The molecule has 0 aliphatic carbocycles. The van der Waals surface area contributed by atoms with Crippen LogP contribution >= 0.6 is 0 Å². The van der Waals surface area contributed by atoms with Gasteiger partial charge in [-0.25, -0.2) is 0 Å². The van der Waals surface area contributed by atoms with Crippen LogP contribution < -0.4 is 0 Å². The summed E-state index contributed by atoms with van der Waals surface area (Å²) >= 11 is 0. The van der Waals surface area contributed by atoms with E-state index in [0.29, 0.717) is 0 Å². The molecule has 0 spiro atoms. The van der Waals surface area contributed by atoms with Gasteiger partial charge in [0.2, 0.25) is 0 Å². The van der Waals surface area contributed by atoms with Crippen LogP contribution in [0.3, 0.4) is 0 Å². The van der Waals surface area contributed by atoms with E-state index in [1.165, 1.54) is 57.8 Å². The highest BCUT2D eigenvalue weighted by atomic mass is 13.9. The van der Waals surface area contributed by atoms with Crippen LogP contribution in [0.5, 0.6) is 0 Å². The Bertz CT molecular complexity index is 103. The molecule has 0 aliphatic rings. The van der Waals surface area contributed by atoms with Crippen molar-refractivity contribution in [2.75, 3.05) is 0 Å². The van der Waals surface area contributed by atoms with Crippen LogP contribution in [-0.4, -0.2) is 0 Å². The van der Waals surface area contributed by atoms with E-state index < -0.39 is 0 Å². The van der Waals surface area contributed by atoms with E-state index in [4.69, 9.17) is 0 Å². The lowest BCUT2D eigenvalue weighted by Gasteiger charge is -1.98. The highest BCUT2D eigenvalue weighted by Gasteiger charge is 1.88. The molecule has 0 unspecified atom stereocenters. The lowest BCUT2D eigenvalue weighted by molar-refractivity contribution is 0.592. The first kappa shape index (κ1) is 12.7. The molecule has 0 aliphatic heterocycles. The van der Waals surface area contributed by atoms with Crippen LogP contribution in [0.15, 0.2) is 12.2 Å². The van der Waals surface area contributed by atoms with Crippen LogP contribution in [0, 0.1) is 0 Å². The normalized spacial score (nSPS) is 11.2. The van der Waals surface area contributed by atoms with E-state index in [1.807, 2.05) is 0 Å². The summed E-state index contributed by atoms with van der Waals surface area (Å²) in [6, 6.07) is 0. The quantitative estimate of drug-likeness (QED) is 0.344. The first-order valence-electron chi connectivity index (χ1n) is 6.06. The fourth-order valence-corrected chi connectivity index (χ4v) is 1.50. The number of rotatable bonds is 9. The van der Waals surface area contributed by atoms with Gasteiger partial charge in [0.1, 0.15) is 0 Å². The Balaban J connectivity index is 2.87. The number of hydrogen-bond acceptors (Lipinski definition) is 0. The van der Waals surface area contributed by atoms with Gasteiger partial charge in [-0.05, 0) is 19.3 Å². The van der Waals surface area contributed by atoms with Gasteiger partial charge in [0.05, 0.1) is 0 Å². The molecule has 0 heteroatoms. The fraction of sp³-hybridized carbons (Fsp3) is 0.846. The summed E-state index contributed by atoms with van der Waals surface area (Å²) in [6.45, 7) is 4.47. The molecule has 0 aromatic carbocycles. The molecule has 13 heavy (non-hydrogen) atoms. The van der Waals surface area contributed by atoms with Crippen molar-refractivity contribution in [2.24, 2.45) is 0 Å². The Labute approximate surface area is 84.4 Å². The van der Waals surface area contributed by atoms with E-state index >= 15 is 0 Å². The molecule has 0 saturated heterocycles. The van der Waals surface area contributed by atoms with Crippen LogP contribution in [0.25, 0.3) is 0 Å². The van der Waals surface area contributed by atoms with Crippen molar-refractivity contribution in [1.29, 1.82) is 0 Å². The maximum absolute atomic E-state index is 2.33. The summed E-state index contributed by atoms with van der Waals surface area (Å²) < 4.78 is 0. The van der Waals surface area contributed by atoms with Gasteiger partial charge in [-0.3, -0.25) is 0 Å². The zero-order valence-corrected chi connectivity index (χ0v) is 9.52. The zero-order chi connectivity index (χ0) is 9.78. The molecule has 0 aromatic rings. The lowest BCUT2D eigenvalue weighted by Crippen LogP contribution is -1.78. The molecule has 0 N–H and O–H groups in total. The summed E-state index contributed by atoms with van der Waals surface area (Å²) in [4.78, 5) is 0. The van der Waals surface area contributed by atoms with Crippen molar-refractivity contribution in [3.8, 4) is 0 Å². The van der Waals surface area contributed by atoms with Gasteiger partial charge in [-0.1, -0.05) is 64.5 Å². The maximum atomic E-state index is 2.33. The topological polar surface area (TPSA) is 0 Å². The highest BCUT2D eigenvalue weighted by molar-refractivity contribution is 4.79. The minimum atomic E-state index is 1.19. The molecule has 0 radical (unpaired) electrons. The Morgan fingerprint density at radius 3 is 1.92 bits per heavy atom. The third kappa shape index (κ3) is 11.7. The van der Waals surface area contributed by atoms with Crippen molar-refractivity contribution in [3.63, 3.8) is 0 Å². The van der Waals surface area contributed by atoms with E-state index in [2.05, 4.69) is 26.0 Å². The minimum absolute atomic E-state index is 1.19. The molecular weight excluding hydrogens is 156 g/mol. The highest BCUT2D eigenvalue weighted by Crippen LogP contribution is 2.08. The van der Waals surface area contributed by atoms with Crippen LogP contribution in [0.2, 0.25) is 0 Å². The zero-order valence-electron chi connectivity index (χ0n) is 9.52. The predicted octanol–water partition coefficient (Wildman–Crippen LogP) is 5.09. The van der Waals surface area contributed by atoms with Crippen LogP contribution in [0.1, 0.15) is 71.6 Å². The molecule has 0 aromatic heterocycles. The molecule has 0 bridgehead atoms. The number of unbranched alkanes of at least 4 members (excludes halogenated alkanes) is 7. The maximum Gasteiger partial charge on any atom is -0.0351 e. The Morgan fingerprint density at radius 2 is 1.31 bits per heavy atom. The smallest absolute Gasteiger partial charge is 0.0351 e. The Kier molecular flexibility index (Phi) is 11.5. The molecular formula is C13H26. The first-order valence-corrected chi connectivity index (χ1v) is 6.06. The van der Waals surface area contributed by atoms with Gasteiger partial charge in [-0.2, -0.15) is 0 Å². The van der Waals surface area contributed by atoms with Gasteiger partial charge >= 0.3 is 0 Å². The first-order chi connectivity index (χ1) is 6.41. The molecule has 78 valence electrons. The van der Waals surface area contributed by atoms with E-state index in [1.54, 1.807) is 0 Å². The summed E-state index contributed by atoms with van der Waals surface area (Å²) in [6.07, 6.45) is 17.0. The predicted molar refractivity (Wildman–Crippen MR) is 62.0 cm³/mol. The van der Waals surface area contributed by atoms with Gasteiger partial charge in [-0.15, -0.1) is 0 Å². The van der Waals surface area contributed by atoms with Crippen LogP contribution in [-0.2, 0) is 0 Å². The molecule has 0 nitrogen and oxygen atoms in total. The second-order valence-electron chi connectivity index (χ2n) is 3.79. The fourth-order valence-electron chi connectivity index (χ4n) is 1.50. The summed E-state index contributed by atoms with van der Waals surface area (Å²) in [5.41, 5.74) is 0. The van der Waals surface area contributed by atoms with Crippen molar-refractivity contribution in [1.82, 2.24) is 0 Å². The summed E-state index contributed by atoms with van der Waals surface area (Å²) in [5.74, 6) is 0. The second kappa shape index (κ2) is 11.7. The SMILES string of the molecule is CC/C=C/CCCCCCCCC. The van der Waals surface area contributed by atoms with E-state index in [9.17, 15) is 0 Å². The largest absolute Gasteiger partial charge is 0.0888 e. The molecule has 0 amide bonds. The van der Waals surface area contributed by atoms with Crippen molar-refractivity contribution in [3.05, 3.63) is 12.2 Å². The Hall–Kier alpha value is -0.260. The van der Waals surface area contributed by atoms with Gasteiger partial charge < -0.3 is 0 Å². The summed E-state index contributed by atoms with van der Waals surface area (Å²) in [7, 11) is 0. The minimum Gasteiger partial charge on any atom is -0.0888 e. The third-order valence-corrected chi connectivity index (χ3v) is 2.38. The molecule has 0 heterocycles. The summed E-state index contributed by atoms with van der Waals surface area (Å²) in [5, 5.41) is 0. The molecule has 0 saturated carbocycles. The molecule has 0 rings (SSSR count). The molecule has 0 fully saturated rings. The van der Waals surface area contributed by atoms with Gasteiger partial charge in [0, 0.05) is 0 Å². The molecule has 0 atom stereocenters. The standard InChI is InChI=1S/C13H26/c1-3-5-7-9-11-13-12-10-8-6-4-2/h5,7H,3-4,6,8-13H2,1-2H3/b7-5+. The van der Waals surface area contributed by atoms with E-state index in [-0.39, 0.29) is 0 Å². The monoisotopic (exact) mass is 182 g/mol. The van der Waals surface area contributed by atoms with E-state index in [0.717, 1.165) is 0 Å². The lowest BCUT2D eigenvalue weighted by atomic mass is 10.1. The third-order valence-electron chi connectivity index (χ3n) is 2.38. The van der Waals surface area contributed by atoms with Crippen molar-refractivity contribution in [2.45, 2.75) is 71.6 Å². The van der Waals surface area contributed by atoms with Gasteiger partial charge in [0.25, 0.3) is 0 Å².